The molecule has 0 saturated carbocycles. The molecule has 0 aliphatic heterocycles. The number of carbonyl (C=O) groups excluding carboxylic acids is 1. The third kappa shape index (κ3) is 4.05. The Bertz CT molecular complexity index is 1260. The van der Waals surface area contributed by atoms with Crippen molar-refractivity contribution in [3.63, 3.8) is 0 Å². The van der Waals surface area contributed by atoms with Gasteiger partial charge in [-0.15, -0.1) is 11.3 Å². The normalized spacial score (nSPS) is 11.3. The molecule has 0 fully saturated rings. The third-order valence-electron chi connectivity index (χ3n) is 4.73. The largest absolute Gasteiger partial charge is 0.465 e. The summed E-state index contributed by atoms with van der Waals surface area (Å²) in [5, 5.41) is 0.592. The Morgan fingerprint density at radius 3 is 2.73 bits per heavy atom. The fourth-order valence-electron chi connectivity index (χ4n) is 3.31. The monoisotopic (exact) mass is 423 g/mol. The number of thiophene rings is 1. The molecule has 0 bridgehead atoms. The van der Waals surface area contributed by atoms with E-state index in [-0.39, 0.29) is 5.56 Å². The number of hydrogen-bond acceptors (Lipinski definition) is 7. The highest BCUT2D eigenvalue weighted by molar-refractivity contribution is 7.21. The number of H-pyrrole nitrogens is 1. The zero-order valence-corrected chi connectivity index (χ0v) is 17.7. The van der Waals surface area contributed by atoms with Gasteiger partial charge in [0, 0.05) is 4.88 Å². The number of rotatable bonds is 6. The Balaban J connectivity index is 1.54. The number of benzene rings is 1. The van der Waals surface area contributed by atoms with E-state index in [4.69, 9.17) is 9.15 Å². The minimum Gasteiger partial charge on any atom is -0.465 e. The van der Waals surface area contributed by atoms with Crippen LogP contribution in [0.25, 0.3) is 20.7 Å². The van der Waals surface area contributed by atoms with Crippen LogP contribution in [0.2, 0.25) is 0 Å². The second-order valence-corrected chi connectivity index (χ2v) is 8.09. The van der Waals surface area contributed by atoms with Gasteiger partial charge in [-0.3, -0.25) is 9.69 Å². The molecule has 7 nitrogen and oxygen atoms in total. The summed E-state index contributed by atoms with van der Waals surface area (Å²) in [7, 11) is 3.23. The molecule has 0 aliphatic rings. The van der Waals surface area contributed by atoms with Gasteiger partial charge < -0.3 is 14.1 Å². The first-order valence-corrected chi connectivity index (χ1v) is 10.2. The van der Waals surface area contributed by atoms with E-state index in [1.54, 1.807) is 13.0 Å². The maximum absolute atomic E-state index is 12.6. The minimum absolute atomic E-state index is 0.149. The van der Waals surface area contributed by atoms with Crippen LogP contribution in [0, 0.1) is 6.92 Å². The lowest BCUT2D eigenvalue weighted by atomic mass is 10.2. The molecule has 0 aliphatic carbocycles. The Kier molecular flexibility index (Phi) is 5.52. The molecule has 8 heteroatoms. The number of hydrogen-bond donors (Lipinski definition) is 1. The van der Waals surface area contributed by atoms with Crippen molar-refractivity contribution < 1.29 is 13.9 Å². The summed E-state index contributed by atoms with van der Waals surface area (Å²) in [5.41, 5.74) is 1.33. The smallest absolute Gasteiger partial charge is 0.341 e. The Morgan fingerprint density at radius 1 is 1.23 bits per heavy atom. The van der Waals surface area contributed by atoms with Crippen molar-refractivity contribution in [3.8, 4) is 10.4 Å². The van der Waals surface area contributed by atoms with Crippen LogP contribution < -0.4 is 5.56 Å². The zero-order chi connectivity index (χ0) is 21.3. The topological polar surface area (TPSA) is 88.4 Å². The van der Waals surface area contributed by atoms with E-state index >= 15 is 0 Å². The zero-order valence-electron chi connectivity index (χ0n) is 16.9. The van der Waals surface area contributed by atoms with Gasteiger partial charge in [-0.05, 0) is 31.7 Å². The first-order valence-electron chi connectivity index (χ1n) is 9.39. The quantitative estimate of drug-likeness (QED) is 0.472. The molecule has 4 rings (SSSR count). The number of aromatic nitrogens is 2. The fraction of sp³-hybridized carbons (Fsp3) is 0.227. The van der Waals surface area contributed by atoms with Crippen molar-refractivity contribution in [1.82, 2.24) is 14.9 Å². The summed E-state index contributed by atoms with van der Waals surface area (Å²) in [6.07, 6.45) is 0. The molecule has 0 unspecified atom stereocenters. The van der Waals surface area contributed by atoms with Gasteiger partial charge in [-0.25, -0.2) is 9.78 Å². The second kappa shape index (κ2) is 8.25. The van der Waals surface area contributed by atoms with E-state index < -0.39 is 5.97 Å². The van der Waals surface area contributed by atoms with Crippen LogP contribution in [0.4, 0.5) is 0 Å². The molecule has 1 aromatic carbocycles. The van der Waals surface area contributed by atoms with E-state index in [0.717, 1.165) is 10.4 Å². The minimum atomic E-state index is -0.423. The molecule has 154 valence electrons. The van der Waals surface area contributed by atoms with E-state index in [0.29, 0.717) is 46.2 Å². The summed E-state index contributed by atoms with van der Waals surface area (Å²) in [6, 6.07) is 13.5. The molecule has 3 heterocycles. The van der Waals surface area contributed by atoms with E-state index in [1.807, 2.05) is 48.3 Å². The Hall–Kier alpha value is -3.23. The number of fused-ring (bicyclic) bond motifs is 1. The summed E-state index contributed by atoms with van der Waals surface area (Å²) in [4.78, 5) is 35.5. The molecule has 0 amide bonds. The van der Waals surface area contributed by atoms with Gasteiger partial charge in [0.15, 0.2) is 0 Å². The Labute approximate surface area is 176 Å². The lowest BCUT2D eigenvalue weighted by Gasteiger charge is -2.14. The van der Waals surface area contributed by atoms with Gasteiger partial charge in [-0.2, -0.15) is 0 Å². The highest BCUT2D eigenvalue weighted by Gasteiger charge is 2.17. The van der Waals surface area contributed by atoms with Crippen LogP contribution in [0.3, 0.4) is 0 Å². The molecule has 3 aromatic heterocycles. The summed E-state index contributed by atoms with van der Waals surface area (Å²) >= 11 is 1.50. The number of carbonyl (C=O) groups is 1. The summed E-state index contributed by atoms with van der Waals surface area (Å²) < 4.78 is 10.4. The lowest BCUT2D eigenvalue weighted by molar-refractivity contribution is 0.0599. The summed E-state index contributed by atoms with van der Waals surface area (Å²) in [6.45, 7) is 2.61. The van der Waals surface area contributed by atoms with Gasteiger partial charge in [0.2, 0.25) is 0 Å². The van der Waals surface area contributed by atoms with Gasteiger partial charge in [-0.1, -0.05) is 30.3 Å². The molecule has 0 saturated heterocycles. The average Bonchev–Trinajstić information content (AvgIpc) is 3.31. The fourth-order valence-corrected chi connectivity index (χ4v) is 4.36. The van der Waals surface area contributed by atoms with Crippen LogP contribution in [-0.4, -0.2) is 35.0 Å². The molecule has 0 spiro atoms. The molecule has 0 radical (unpaired) electrons. The van der Waals surface area contributed by atoms with Crippen molar-refractivity contribution in [2.75, 3.05) is 14.2 Å². The number of nitrogens with zero attached hydrogens (tertiary/aromatic N) is 2. The predicted molar refractivity (Wildman–Crippen MR) is 116 cm³/mol. The van der Waals surface area contributed by atoms with Crippen molar-refractivity contribution >= 4 is 27.5 Å². The number of furan rings is 1. The number of aromatic amines is 1. The first-order chi connectivity index (χ1) is 14.4. The van der Waals surface area contributed by atoms with Crippen LogP contribution in [-0.2, 0) is 17.8 Å². The first kappa shape index (κ1) is 20.1. The second-order valence-electron chi connectivity index (χ2n) is 7.05. The number of nitrogens with one attached hydrogen (secondary N) is 1. The van der Waals surface area contributed by atoms with E-state index in [2.05, 4.69) is 9.97 Å². The van der Waals surface area contributed by atoms with E-state index in [9.17, 15) is 9.59 Å². The maximum Gasteiger partial charge on any atom is 0.341 e. The molecule has 30 heavy (non-hydrogen) atoms. The number of methoxy groups -OCH3 is 1. The third-order valence-corrected chi connectivity index (χ3v) is 5.81. The van der Waals surface area contributed by atoms with Crippen molar-refractivity contribution in [2.45, 2.75) is 20.0 Å². The highest BCUT2D eigenvalue weighted by atomic mass is 32.1. The van der Waals surface area contributed by atoms with Crippen molar-refractivity contribution in [2.24, 2.45) is 0 Å². The number of ether oxygens (including phenoxy) is 1. The maximum atomic E-state index is 12.6. The van der Waals surface area contributed by atoms with Gasteiger partial charge in [0.05, 0.1) is 25.6 Å². The van der Waals surface area contributed by atoms with Gasteiger partial charge >= 0.3 is 5.97 Å². The molecular formula is C22H21N3O4S. The van der Waals surface area contributed by atoms with Crippen LogP contribution in [0.1, 0.15) is 27.7 Å². The van der Waals surface area contributed by atoms with Gasteiger partial charge in [0.1, 0.15) is 27.7 Å². The van der Waals surface area contributed by atoms with Crippen molar-refractivity contribution in [1.29, 1.82) is 0 Å². The van der Waals surface area contributed by atoms with Crippen LogP contribution in [0.5, 0.6) is 0 Å². The van der Waals surface area contributed by atoms with Crippen molar-refractivity contribution in [3.05, 3.63) is 75.7 Å². The Morgan fingerprint density at radius 2 is 2.00 bits per heavy atom. The van der Waals surface area contributed by atoms with Crippen LogP contribution >= 0.6 is 11.3 Å². The SMILES string of the molecule is COC(=O)c1cc(CN(C)Cc2nc3sc(-c4ccccc4)cc3c(=O)[nH]2)oc1C. The molecule has 4 aromatic rings. The summed E-state index contributed by atoms with van der Waals surface area (Å²) in [5.74, 6) is 1.31. The highest BCUT2D eigenvalue weighted by Crippen LogP contribution is 2.30. The van der Waals surface area contributed by atoms with Gasteiger partial charge in [0.25, 0.3) is 5.56 Å². The predicted octanol–water partition coefficient (Wildman–Crippen LogP) is 3.97. The van der Waals surface area contributed by atoms with Crippen LogP contribution in [0.15, 0.2) is 51.7 Å². The lowest BCUT2D eigenvalue weighted by Crippen LogP contribution is -2.21. The average molecular weight is 423 g/mol. The van der Waals surface area contributed by atoms with E-state index in [1.165, 1.54) is 18.4 Å². The number of aryl methyl sites for hydroxylation is 1. The standard InChI is InChI=1S/C22H21N3O4S/c1-13-16(22(27)28-3)9-15(29-13)11-25(2)12-19-23-20(26)17-10-18(30-21(17)24-19)14-7-5-4-6-8-14/h4-10H,11-12H2,1-3H3,(H,23,24,26). The molecular weight excluding hydrogens is 402 g/mol. The molecule has 0 atom stereocenters. The number of esters is 1. The molecule has 1 N–H and O–H groups in total.